The molecule has 0 unspecified atom stereocenters. The Labute approximate surface area is 164 Å². The molecule has 0 radical (unpaired) electrons. The van der Waals surface area contributed by atoms with E-state index in [0.29, 0.717) is 36.4 Å². The minimum Gasteiger partial charge on any atom is -0.482 e. The number of rotatable bonds is 7. The first-order valence-electron chi connectivity index (χ1n) is 9.38. The molecule has 28 heavy (non-hydrogen) atoms. The van der Waals surface area contributed by atoms with E-state index < -0.39 is 0 Å². The zero-order valence-electron chi connectivity index (χ0n) is 16.1. The van der Waals surface area contributed by atoms with Gasteiger partial charge in [-0.05, 0) is 44.0 Å². The van der Waals surface area contributed by atoms with Crippen molar-refractivity contribution < 1.29 is 19.1 Å². The second-order valence-electron chi connectivity index (χ2n) is 6.88. The Balaban J connectivity index is 1.59. The normalized spacial score (nSPS) is 14.1. The molecule has 0 aliphatic carbocycles. The van der Waals surface area contributed by atoms with E-state index in [-0.39, 0.29) is 30.2 Å². The molecule has 1 N–H and O–H groups in total. The van der Waals surface area contributed by atoms with Crippen molar-refractivity contribution in [2.75, 3.05) is 18.1 Å². The number of anilines is 1. The molecule has 1 heterocycles. The first kappa shape index (κ1) is 19.6. The first-order chi connectivity index (χ1) is 13.5. The summed E-state index contributed by atoms with van der Waals surface area (Å²) in [7, 11) is 0. The first-order valence-corrected chi connectivity index (χ1v) is 9.38. The maximum Gasteiger partial charge on any atom is 0.265 e. The average Bonchev–Trinajstić information content (AvgIpc) is 2.69. The van der Waals surface area contributed by atoms with E-state index in [1.54, 1.807) is 23.1 Å². The van der Waals surface area contributed by atoms with Gasteiger partial charge in [-0.3, -0.25) is 14.4 Å². The van der Waals surface area contributed by atoms with Crippen LogP contribution in [0.5, 0.6) is 5.75 Å². The van der Waals surface area contributed by atoms with Crippen LogP contribution in [-0.2, 0) is 9.59 Å². The molecule has 1 atom stereocenters. The molecule has 1 aliphatic rings. The largest absolute Gasteiger partial charge is 0.482 e. The zero-order valence-corrected chi connectivity index (χ0v) is 16.1. The van der Waals surface area contributed by atoms with Crippen molar-refractivity contribution in [2.45, 2.75) is 32.7 Å². The lowest BCUT2D eigenvalue weighted by Gasteiger charge is -2.29. The van der Waals surface area contributed by atoms with Gasteiger partial charge in [-0.15, -0.1) is 0 Å². The van der Waals surface area contributed by atoms with Crippen LogP contribution in [0.4, 0.5) is 5.69 Å². The van der Waals surface area contributed by atoms with Gasteiger partial charge in [0.25, 0.3) is 5.91 Å². The van der Waals surface area contributed by atoms with E-state index in [2.05, 4.69) is 5.32 Å². The Morgan fingerprint density at radius 3 is 2.64 bits per heavy atom. The Kier molecular flexibility index (Phi) is 6.09. The van der Waals surface area contributed by atoms with E-state index in [9.17, 15) is 14.4 Å². The fraction of sp³-hybridized carbons (Fsp3) is 0.318. The van der Waals surface area contributed by atoms with Gasteiger partial charge >= 0.3 is 0 Å². The number of fused-ring (bicyclic) bond motifs is 1. The van der Waals surface area contributed by atoms with Crippen LogP contribution in [0.15, 0.2) is 48.5 Å². The van der Waals surface area contributed by atoms with Crippen molar-refractivity contribution in [3.8, 4) is 5.75 Å². The number of benzene rings is 2. The van der Waals surface area contributed by atoms with Gasteiger partial charge in [0.15, 0.2) is 12.4 Å². The summed E-state index contributed by atoms with van der Waals surface area (Å²) in [5, 5.41) is 2.98. The maximum atomic E-state index is 12.3. The van der Waals surface area contributed by atoms with Gasteiger partial charge < -0.3 is 15.0 Å². The second-order valence-corrected chi connectivity index (χ2v) is 6.88. The molecule has 2 aromatic carbocycles. The minimum atomic E-state index is -0.175. The quantitative estimate of drug-likeness (QED) is 0.748. The highest BCUT2D eigenvalue weighted by Gasteiger charge is 2.26. The van der Waals surface area contributed by atoms with E-state index >= 15 is 0 Å². The number of ketones is 1. The Bertz CT molecular complexity index is 879. The predicted octanol–water partition coefficient (Wildman–Crippen LogP) is 3.27. The van der Waals surface area contributed by atoms with Crippen molar-refractivity contribution in [1.82, 2.24) is 5.32 Å². The van der Waals surface area contributed by atoms with Crippen LogP contribution in [0.3, 0.4) is 0 Å². The van der Waals surface area contributed by atoms with Crippen molar-refractivity contribution in [3.63, 3.8) is 0 Å². The number of hydrogen-bond donors (Lipinski definition) is 1. The molecular weight excluding hydrogens is 356 g/mol. The lowest BCUT2D eigenvalue weighted by molar-refractivity contribution is -0.123. The third kappa shape index (κ3) is 4.57. The summed E-state index contributed by atoms with van der Waals surface area (Å²) in [4.78, 5) is 37.8. The molecule has 0 saturated carbocycles. The molecule has 3 rings (SSSR count). The molecule has 2 aromatic rings. The summed E-state index contributed by atoms with van der Waals surface area (Å²) in [6.45, 7) is 3.78. The van der Waals surface area contributed by atoms with Gasteiger partial charge in [-0.2, -0.15) is 0 Å². The van der Waals surface area contributed by atoms with Crippen molar-refractivity contribution >= 4 is 23.3 Å². The monoisotopic (exact) mass is 380 g/mol. The number of amides is 2. The Morgan fingerprint density at radius 2 is 1.93 bits per heavy atom. The van der Waals surface area contributed by atoms with Gasteiger partial charge in [0.2, 0.25) is 5.91 Å². The summed E-state index contributed by atoms with van der Waals surface area (Å²) in [5.74, 6) is 0.267. The summed E-state index contributed by atoms with van der Waals surface area (Å²) < 4.78 is 5.45. The molecule has 0 aromatic heterocycles. The van der Waals surface area contributed by atoms with Crippen LogP contribution >= 0.6 is 0 Å². The number of carbonyl (C=O) groups is 3. The molecule has 146 valence electrons. The topological polar surface area (TPSA) is 75.7 Å². The minimum absolute atomic E-state index is 0.0380. The van der Waals surface area contributed by atoms with E-state index in [4.69, 9.17) is 4.74 Å². The molecule has 0 saturated heterocycles. The maximum absolute atomic E-state index is 12.3. The lowest BCUT2D eigenvalue weighted by atomic mass is 10.1. The van der Waals surface area contributed by atoms with Gasteiger partial charge in [0.05, 0.1) is 11.7 Å². The van der Waals surface area contributed by atoms with Gasteiger partial charge in [0.1, 0.15) is 5.75 Å². The highest BCUT2D eigenvalue weighted by atomic mass is 16.5. The van der Waals surface area contributed by atoms with Crippen LogP contribution in [0.2, 0.25) is 0 Å². The van der Waals surface area contributed by atoms with Gasteiger partial charge in [0, 0.05) is 18.5 Å². The van der Waals surface area contributed by atoms with Gasteiger partial charge in [-0.25, -0.2) is 0 Å². The standard InChI is InChI=1S/C22H24N2O4/c1-15(17-7-4-3-5-8-17)23-21(26)9-6-12-24-19-13-18(16(2)25)10-11-20(19)28-14-22(24)27/h3-5,7-8,10-11,13,15H,6,9,12,14H2,1-2H3,(H,23,26)/t15-/m1/s1. The smallest absolute Gasteiger partial charge is 0.265 e. The fourth-order valence-electron chi connectivity index (χ4n) is 3.20. The highest BCUT2D eigenvalue weighted by Crippen LogP contribution is 2.33. The number of hydrogen-bond acceptors (Lipinski definition) is 4. The lowest BCUT2D eigenvalue weighted by Crippen LogP contribution is -2.40. The average molecular weight is 380 g/mol. The fourth-order valence-corrected chi connectivity index (χ4v) is 3.20. The predicted molar refractivity (Wildman–Crippen MR) is 107 cm³/mol. The summed E-state index contributed by atoms with van der Waals surface area (Å²) in [5.41, 5.74) is 2.16. The van der Waals surface area contributed by atoms with Crippen LogP contribution in [0.1, 0.15) is 48.7 Å². The summed E-state index contributed by atoms with van der Waals surface area (Å²) in [6.07, 6.45) is 0.826. The molecule has 1 aliphatic heterocycles. The SMILES string of the molecule is CC(=O)c1ccc2c(c1)N(CCCC(=O)N[C@H](C)c1ccccc1)C(=O)CO2. The third-order valence-electron chi connectivity index (χ3n) is 4.77. The molecule has 2 amide bonds. The third-order valence-corrected chi connectivity index (χ3v) is 4.77. The Morgan fingerprint density at radius 1 is 1.18 bits per heavy atom. The second kappa shape index (κ2) is 8.69. The van der Waals surface area contributed by atoms with Crippen molar-refractivity contribution in [1.29, 1.82) is 0 Å². The van der Waals surface area contributed by atoms with E-state index in [1.807, 2.05) is 37.3 Å². The van der Waals surface area contributed by atoms with Crippen molar-refractivity contribution in [3.05, 3.63) is 59.7 Å². The number of Topliss-reactive ketones (excluding diaryl/α,β-unsaturated/α-hetero) is 1. The van der Waals surface area contributed by atoms with Crippen LogP contribution in [0, 0.1) is 0 Å². The Hall–Kier alpha value is -3.15. The van der Waals surface area contributed by atoms with Crippen LogP contribution in [-0.4, -0.2) is 30.7 Å². The summed E-state index contributed by atoms with van der Waals surface area (Å²) in [6, 6.07) is 14.8. The zero-order chi connectivity index (χ0) is 20.1. The number of nitrogens with one attached hydrogen (secondary N) is 1. The number of ether oxygens (including phenoxy) is 1. The summed E-state index contributed by atoms with van der Waals surface area (Å²) >= 11 is 0. The van der Waals surface area contributed by atoms with E-state index in [1.165, 1.54) is 6.92 Å². The van der Waals surface area contributed by atoms with Crippen molar-refractivity contribution in [2.24, 2.45) is 0 Å². The number of carbonyl (C=O) groups excluding carboxylic acids is 3. The van der Waals surface area contributed by atoms with Crippen LogP contribution in [0.25, 0.3) is 0 Å². The van der Waals surface area contributed by atoms with E-state index in [0.717, 1.165) is 5.56 Å². The number of nitrogens with zero attached hydrogens (tertiary/aromatic N) is 1. The molecule has 0 spiro atoms. The molecule has 6 nitrogen and oxygen atoms in total. The molecule has 0 bridgehead atoms. The van der Waals surface area contributed by atoms with Crippen LogP contribution < -0.4 is 15.0 Å². The van der Waals surface area contributed by atoms with Gasteiger partial charge in [-0.1, -0.05) is 30.3 Å². The molecule has 6 heteroatoms. The molecule has 0 fully saturated rings. The highest BCUT2D eigenvalue weighted by molar-refractivity contribution is 6.01. The molecular formula is C22H24N2O4.